The van der Waals surface area contributed by atoms with Crippen LogP contribution in [0.3, 0.4) is 0 Å². The summed E-state index contributed by atoms with van der Waals surface area (Å²) in [7, 11) is 1.39. The SMILES string of the molecule is COC(=O)c1ccc(C=Cc2ccc3c(c2)C(C=Cc2ccccc2)=CCC3(C)C)cc1. The molecule has 1 aliphatic rings. The average molecular weight is 421 g/mol. The van der Waals surface area contributed by atoms with Gasteiger partial charge in [-0.1, -0.05) is 98.8 Å². The number of methoxy groups -OCH3 is 1. The lowest BCUT2D eigenvalue weighted by Crippen LogP contribution is -2.21. The molecule has 2 heteroatoms. The molecule has 32 heavy (non-hydrogen) atoms. The Labute approximate surface area is 190 Å². The van der Waals surface area contributed by atoms with Crippen LogP contribution in [0.5, 0.6) is 0 Å². The van der Waals surface area contributed by atoms with Gasteiger partial charge in [0.2, 0.25) is 0 Å². The lowest BCUT2D eigenvalue weighted by molar-refractivity contribution is 0.0600. The average Bonchev–Trinajstić information content (AvgIpc) is 2.82. The summed E-state index contributed by atoms with van der Waals surface area (Å²) in [6.07, 6.45) is 12.0. The van der Waals surface area contributed by atoms with Crippen LogP contribution in [0.4, 0.5) is 0 Å². The van der Waals surface area contributed by atoms with Gasteiger partial charge in [-0.2, -0.15) is 0 Å². The molecule has 0 bridgehead atoms. The molecule has 0 aromatic heterocycles. The Morgan fingerprint density at radius 1 is 0.812 bits per heavy atom. The Morgan fingerprint density at radius 2 is 1.44 bits per heavy atom. The summed E-state index contributed by atoms with van der Waals surface area (Å²) < 4.78 is 4.77. The first-order chi connectivity index (χ1) is 15.5. The van der Waals surface area contributed by atoms with Gasteiger partial charge in [-0.3, -0.25) is 0 Å². The number of allylic oxidation sites excluding steroid dienone is 3. The molecule has 160 valence electrons. The summed E-state index contributed by atoms with van der Waals surface area (Å²) >= 11 is 0. The largest absolute Gasteiger partial charge is 0.465 e. The molecular weight excluding hydrogens is 392 g/mol. The van der Waals surface area contributed by atoms with Gasteiger partial charge in [-0.05, 0) is 63.4 Å². The van der Waals surface area contributed by atoms with Crippen molar-refractivity contribution in [3.8, 4) is 0 Å². The monoisotopic (exact) mass is 420 g/mol. The van der Waals surface area contributed by atoms with Crippen LogP contribution in [0.1, 0.15) is 58.4 Å². The van der Waals surface area contributed by atoms with E-state index >= 15 is 0 Å². The first-order valence-electron chi connectivity index (χ1n) is 10.9. The second kappa shape index (κ2) is 9.23. The van der Waals surface area contributed by atoms with Crippen molar-refractivity contribution in [3.63, 3.8) is 0 Å². The van der Waals surface area contributed by atoms with Crippen molar-refractivity contribution >= 4 is 29.8 Å². The first kappa shape index (κ1) is 21.6. The molecule has 0 unspecified atom stereocenters. The lowest BCUT2D eigenvalue weighted by Gasteiger charge is -2.31. The zero-order valence-corrected chi connectivity index (χ0v) is 18.8. The predicted molar refractivity (Wildman–Crippen MR) is 134 cm³/mol. The highest BCUT2D eigenvalue weighted by Crippen LogP contribution is 2.40. The number of rotatable bonds is 5. The molecule has 0 amide bonds. The third-order valence-electron chi connectivity index (χ3n) is 5.97. The summed E-state index contributed by atoms with van der Waals surface area (Å²) in [5.41, 5.74) is 8.00. The quantitative estimate of drug-likeness (QED) is 0.317. The molecule has 0 radical (unpaired) electrons. The van der Waals surface area contributed by atoms with E-state index in [0.29, 0.717) is 5.56 Å². The maximum absolute atomic E-state index is 11.6. The molecule has 2 nitrogen and oxygen atoms in total. The fourth-order valence-electron chi connectivity index (χ4n) is 4.03. The van der Waals surface area contributed by atoms with Gasteiger partial charge >= 0.3 is 5.97 Å². The maximum atomic E-state index is 11.6. The Hall–Kier alpha value is -3.65. The van der Waals surface area contributed by atoms with Crippen molar-refractivity contribution in [1.82, 2.24) is 0 Å². The van der Waals surface area contributed by atoms with Crippen molar-refractivity contribution in [2.75, 3.05) is 7.11 Å². The highest BCUT2D eigenvalue weighted by Gasteiger charge is 2.27. The van der Waals surface area contributed by atoms with Crippen LogP contribution in [0.25, 0.3) is 23.8 Å². The number of benzene rings is 3. The third-order valence-corrected chi connectivity index (χ3v) is 5.97. The first-order valence-corrected chi connectivity index (χ1v) is 10.9. The zero-order valence-electron chi connectivity index (χ0n) is 18.8. The van der Waals surface area contributed by atoms with E-state index in [1.54, 1.807) is 12.1 Å². The summed E-state index contributed by atoms with van der Waals surface area (Å²) in [6.45, 7) is 4.61. The molecule has 0 saturated heterocycles. The van der Waals surface area contributed by atoms with Gasteiger partial charge in [0.15, 0.2) is 0 Å². The number of esters is 1. The molecule has 0 atom stereocenters. The molecule has 0 fully saturated rings. The van der Waals surface area contributed by atoms with E-state index in [-0.39, 0.29) is 11.4 Å². The topological polar surface area (TPSA) is 26.3 Å². The van der Waals surface area contributed by atoms with E-state index in [4.69, 9.17) is 4.74 Å². The van der Waals surface area contributed by atoms with Crippen LogP contribution < -0.4 is 0 Å². The van der Waals surface area contributed by atoms with E-state index in [2.05, 4.69) is 86.7 Å². The number of hydrogen-bond donors (Lipinski definition) is 0. The normalized spacial score (nSPS) is 14.9. The molecule has 3 aromatic carbocycles. The molecule has 1 aliphatic carbocycles. The van der Waals surface area contributed by atoms with E-state index in [9.17, 15) is 4.79 Å². The summed E-state index contributed by atoms with van der Waals surface area (Å²) in [6, 6.07) is 24.6. The minimum absolute atomic E-state index is 0.116. The van der Waals surface area contributed by atoms with Crippen LogP contribution in [0.2, 0.25) is 0 Å². The van der Waals surface area contributed by atoms with Crippen LogP contribution >= 0.6 is 0 Å². The van der Waals surface area contributed by atoms with Crippen molar-refractivity contribution < 1.29 is 9.53 Å². The minimum Gasteiger partial charge on any atom is -0.465 e. The molecular formula is C30H28O2. The molecule has 0 aliphatic heterocycles. The van der Waals surface area contributed by atoms with E-state index < -0.39 is 0 Å². The second-order valence-electron chi connectivity index (χ2n) is 8.74. The smallest absolute Gasteiger partial charge is 0.337 e. The van der Waals surface area contributed by atoms with Crippen molar-refractivity contribution in [3.05, 3.63) is 118 Å². The van der Waals surface area contributed by atoms with Crippen molar-refractivity contribution in [1.29, 1.82) is 0 Å². The van der Waals surface area contributed by atoms with Crippen molar-refractivity contribution in [2.45, 2.75) is 25.7 Å². The van der Waals surface area contributed by atoms with Gasteiger partial charge < -0.3 is 4.74 Å². The number of carbonyl (C=O) groups excluding carboxylic acids is 1. The predicted octanol–water partition coefficient (Wildman–Crippen LogP) is 7.42. The van der Waals surface area contributed by atoms with E-state index in [1.807, 2.05) is 18.2 Å². The van der Waals surface area contributed by atoms with Crippen LogP contribution in [-0.4, -0.2) is 13.1 Å². The highest BCUT2D eigenvalue weighted by atomic mass is 16.5. The van der Waals surface area contributed by atoms with E-state index in [0.717, 1.165) is 17.5 Å². The number of carbonyl (C=O) groups is 1. The Kier molecular flexibility index (Phi) is 6.23. The van der Waals surface area contributed by atoms with Crippen LogP contribution in [0.15, 0.2) is 84.9 Å². The summed E-state index contributed by atoms with van der Waals surface area (Å²) in [4.78, 5) is 11.6. The zero-order chi connectivity index (χ0) is 22.6. The molecule has 0 saturated carbocycles. The third kappa shape index (κ3) is 4.81. The standard InChI is InChI=1S/C30H28O2/c1-30(2)20-19-25(15-11-22-7-5-4-6-8-22)27-21-24(14-18-28(27)30)10-9-23-12-16-26(17-13-23)29(31)32-3/h4-19,21H,20H2,1-3H3. The molecule has 3 aromatic rings. The highest BCUT2D eigenvalue weighted by molar-refractivity contribution is 5.89. The van der Waals surface area contributed by atoms with Gasteiger partial charge in [-0.25, -0.2) is 4.79 Å². The molecule has 0 heterocycles. The molecule has 0 N–H and O–H groups in total. The van der Waals surface area contributed by atoms with Gasteiger partial charge in [-0.15, -0.1) is 0 Å². The van der Waals surface area contributed by atoms with Crippen molar-refractivity contribution in [2.24, 2.45) is 0 Å². The Balaban J connectivity index is 1.61. The summed E-state index contributed by atoms with van der Waals surface area (Å²) in [5, 5.41) is 0. The lowest BCUT2D eigenvalue weighted by atomic mass is 9.73. The number of fused-ring (bicyclic) bond motifs is 1. The summed E-state index contributed by atoms with van der Waals surface area (Å²) in [5.74, 6) is -0.319. The van der Waals surface area contributed by atoms with Gasteiger partial charge in [0.25, 0.3) is 0 Å². The van der Waals surface area contributed by atoms with Gasteiger partial charge in [0.05, 0.1) is 12.7 Å². The van der Waals surface area contributed by atoms with Crippen LogP contribution in [-0.2, 0) is 10.2 Å². The second-order valence-corrected chi connectivity index (χ2v) is 8.74. The van der Waals surface area contributed by atoms with Gasteiger partial charge in [0, 0.05) is 0 Å². The Bertz CT molecular complexity index is 1190. The van der Waals surface area contributed by atoms with Crippen LogP contribution in [0, 0.1) is 0 Å². The molecule has 4 rings (SSSR count). The fourth-order valence-corrected chi connectivity index (χ4v) is 4.03. The maximum Gasteiger partial charge on any atom is 0.337 e. The fraction of sp³-hybridized carbons (Fsp3) is 0.167. The Morgan fingerprint density at radius 3 is 2.16 bits per heavy atom. The molecule has 0 spiro atoms. The number of hydrogen-bond acceptors (Lipinski definition) is 2. The minimum atomic E-state index is -0.319. The van der Waals surface area contributed by atoms with E-state index in [1.165, 1.54) is 29.4 Å². The number of ether oxygens (including phenoxy) is 1. The van der Waals surface area contributed by atoms with Gasteiger partial charge in [0.1, 0.15) is 0 Å².